The van der Waals surface area contributed by atoms with Gasteiger partial charge in [0.15, 0.2) is 0 Å². The van der Waals surface area contributed by atoms with E-state index in [1.807, 2.05) is 29.2 Å². The van der Waals surface area contributed by atoms with Gasteiger partial charge < -0.3 is 10.0 Å². The number of piperazine rings is 1. The van der Waals surface area contributed by atoms with Crippen molar-refractivity contribution in [3.05, 3.63) is 52.8 Å². The molecule has 3 rings (SSSR count). The Balaban J connectivity index is 1.61. The molecular weight excluding hydrogens is 328 g/mol. The summed E-state index contributed by atoms with van der Waals surface area (Å²) in [4.78, 5) is 16.6. The van der Waals surface area contributed by atoms with Crippen molar-refractivity contribution in [1.29, 1.82) is 0 Å². The molecule has 7 heteroatoms. The van der Waals surface area contributed by atoms with E-state index < -0.39 is 0 Å². The zero-order valence-electron chi connectivity index (χ0n) is 13.4. The number of carbonyl (C=O) groups is 1. The van der Waals surface area contributed by atoms with Gasteiger partial charge in [0, 0.05) is 43.9 Å². The molecule has 0 spiro atoms. The van der Waals surface area contributed by atoms with Crippen molar-refractivity contribution in [3.63, 3.8) is 0 Å². The van der Waals surface area contributed by atoms with Crippen molar-refractivity contribution >= 4 is 17.5 Å². The standard InChI is InChI=1S/C17H21ClN4O2/c18-16-4-2-1-3-14(16)12-22-13-15(11-19-22)17(24)21-7-5-20(6-8-21)9-10-23/h1-4,11,13,23H,5-10,12H2. The van der Waals surface area contributed by atoms with E-state index in [9.17, 15) is 4.79 Å². The average Bonchev–Trinajstić information content (AvgIpc) is 3.06. The first kappa shape index (κ1) is 17.0. The van der Waals surface area contributed by atoms with Crippen LogP contribution in [0.4, 0.5) is 0 Å². The highest BCUT2D eigenvalue weighted by atomic mass is 35.5. The molecule has 1 N–H and O–H groups in total. The van der Waals surface area contributed by atoms with E-state index in [1.165, 1.54) is 0 Å². The highest BCUT2D eigenvalue weighted by molar-refractivity contribution is 6.31. The average molecular weight is 349 g/mol. The molecule has 1 aliphatic heterocycles. The fourth-order valence-corrected chi connectivity index (χ4v) is 3.06. The highest BCUT2D eigenvalue weighted by Gasteiger charge is 2.22. The molecule has 0 atom stereocenters. The van der Waals surface area contributed by atoms with Crippen molar-refractivity contribution in [1.82, 2.24) is 19.6 Å². The number of hydrogen-bond donors (Lipinski definition) is 1. The number of nitrogens with zero attached hydrogens (tertiary/aromatic N) is 4. The van der Waals surface area contributed by atoms with Gasteiger partial charge in [0.25, 0.3) is 5.91 Å². The van der Waals surface area contributed by atoms with E-state index in [4.69, 9.17) is 16.7 Å². The number of aliphatic hydroxyl groups is 1. The monoisotopic (exact) mass is 348 g/mol. The minimum absolute atomic E-state index is 0.00376. The van der Waals surface area contributed by atoms with Crippen LogP contribution in [-0.4, -0.2) is 69.9 Å². The number of benzene rings is 1. The highest BCUT2D eigenvalue weighted by Crippen LogP contribution is 2.16. The summed E-state index contributed by atoms with van der Waals surface area (Å²) in [6, 6.07) is 7.62. The lowest BCUT2D eigenvalue weighted by molar-refractivity contribution is 0.0615. The van der Waals surface area contributed by atoms with E-state index in [2.05, 4.69) is 10.00 Å². The van der Waals surface area contributed by atoms with Crippen LogP contribution in [0.5, 0.6) is 0 Å². The summed E-state index contributed by atoms with van der Waals surface area (Å²) in [7, 11) is 0. The molecule has 24 heavy (non-hydrogen) atoms. The molecule has 0 saturated carbocycles. The molecule has 2 heterocycles. The zero-order chi connectivity index (χ0) is 16.9. The number of hydrogen-bond acceptors (Lipinski definition) is 4. The van der Waals surface area contributed by atoms with Gasteiger partial charge in [-0.15, -0.1) is 0 Å². The number of rotatable bonds is 5. The van der Waals surface area contributed by atoms with Gasteiger partial charge in [0.2, 0.25) is 0 Å². The number of aromatic nitrogens is 2. The van der Waals surface area contributed by atoms with Crippen LogP contribution in [0.1, 0.15) is 15.9 Å². The molecule has 1 fully saturated rings. The lowest BCUT2D eigenvalue weighted by atomic mass is 10.2. The van der Waals surface area contributed by atoms with Crippen LogP contribution in [0.3, 0.4) is 0 Å². The van der Waals surface area contributed by atoms with E-state index in [1.54, 1.807) is 17.1 Å². The Morgan fingerprint density at radius 3 is 2.67 bits per heavy atom. The fourth-order valence-electron chi connectivity index (χ4n) is 2.86. The van der Waals surface area contributed by atoms with E-state index >= 15 is 0 Å². The predicted molar refractivity (Wildman–Crippen MR) is 92.2 cm³/mol. The third-order valence-electron chi connectivity index (χ3n) is 4.25. The summed E-state index contributed by atoms with van der Waals surface area (Å²) in [5.41, 5.74) is 1.57. The van der Waals surface area contributed by atoms with Crippen molar-refractivity contribution in [3.8, 4) is 0 Å². The first-order chi connectivity index (χ1) is 11.7. The zero-order valence-corrected chi connectivity index (χ0v) is 14.2. The van der Waals surface area contributed by atoms with Gasteiger partial charge in [-0.25, -0.2) is 0 Å². The van der Waals surface area contributed by atoms with Gasteiger partial charge in [-0.2, -0.15) is 5.10 Å². The van der Waals surface area contributed by atoms with Crippen LogP contribution >= 0.6 is 11.6 Å². The van der Waals surface area contributed by atoms with Crippen LogP contribution in [0, 0.1) is 0 Å². The molecule has 2 aromatic rings. The number of halogens is 1. The Bertz CT molecular complexity index is 695. The molecule has 0 radical (unpaired) electrons. The summed E-state index contributed by atoms with van der Waals surface area (Å²) < 4.78 is 1.73. The number of carbonyl (C=O) groups excluding carboxylic acids is 1. The quantitative estimate of drug-likeness (QED) is 0.885. The first-order valence-corrected chi connectivity index (χ1v) is 8.43. The lowest BCUT2D eigenvalue weighted by Gasteiger charge is -2.34. The molecular formula is C17H21ClN4O2. The van der Waals surface area contributed by atoms with Crippen molar-refractivity contribution in [2.45, 2.75) is 6.54 Å². The van der Waals surface area contributed by atoms with E-state index in [0.29, 0.717) is 36.8 Å². The summed E-state index contributed by atoms with van der Waals surface area (Å²) >= 11 is 6.17. The second-order valence-corrected chi connectivity index (χ2v) is 6.28. The molecule has 1 saturated heterocycles. The molecule has 0 aliphatic carbocycles. The largest absolute Gasteiger partial charge is 0.395 e. The topological polar surface area (TPSA) is 61.6 Å². The van der Waals surface area contributed by atoms with Crippen molar-refractivity contribution in [2.75, 3.05) is 39.3 Å². The first-order valence-electron chi connectivity index (χ1n) is 8.05. The van der Waals surface area contributed by atoms with Gasteiger partial charge in [-0.05, 0) is 11.6 Å². The second-order valence-electron chi connectivity index (χ2n) is 5.88. The van der Waals surface area contributed by atoms with Crippen LogP contribution in [0.25, 0.3) is 0 Å². The minimum Gasteiger partial charge on any atom is -0.395 e. The molecule has 1 amide bonds. The molecule has 1 aromatic heterocycles. The maximum Gasteiger partial charge on any atom is 0.257 e. The van der Waals surface area contributed by atoms with Gasteiger partial charge >= 0.3 is 0 Å². The molecule has 1 aromatic carbocycles. The Labute approximate surface area is 146 Å². The smallest absolute Gasteiger partial charge is 0.257 e. The lowest BCUT2D eigenvalue weighted by Crippen LogP contribution is -2.49. The van der Waals surface area contributed by atoms with Crippen molar-refractivity contribution < 1.29 is 9.90 Å². The third kappa shape index (κ3) is 3.95. The van der Waals surface area contributed by atoms with Gasteiger partial charge in [-0.3, -0.25) is 14.4 Å². The number of β-amino-alcohol motifs (C(OH)–C–C–N with tert-alkyl or cyclic N) is 1. The van der Waals surface area contributed by atoms with Crippen LogP contribution in [-0.2, 0) is 6.54 Å². The Morgan fingerprint density at radius 1 is 1.21 bits per heavy atom. The normalized spacial score (nSPS) is 15.7. The maximum absolute atomic E-state index is 12.6. The molecule has 6 nitrogen and oxygen atoms in total. The molecule has 0 unspecified atom stereocenters. The van der Waals surface area contributed by atoms with Crippen LogP contribution in [0.15, 0.2) is 36.7 Å². The minimum atomic E-state index is 0.00376. The molecule has 128 valence electrons. The summed E-state index contributed by atoms with van der Waals surface area (Å²) in [6.07, 6.45) is 3.38. The third-order valence-corrected chi connectivity index (χ3v) is 4.61. The molecule has 1 aliphatic rings. The van der Waals surface area contributed by atoms with Gasteiger partial charge in [0.1, 0.15) is 0 Å². The van der Waals surface area contributed by atoms with Crippen LogP contribution < -0.4 is 0 Å². The van der Waals surface area contributed by atoms with Gasteiger partial charge in [-0.1, -0.05) is 29.8 Å². The molecule has 0 bridgehead atoms. The predicted octanol–water partition coefficient (Wildman–Crippen LogP) is 1.33. The number of amides is 1. The fraction of sp³-hybridized carbons (Fsp3) is 0.412. The van der Waals surface area contributed by atoms with Gasteiger partial charge in [0.05, 0.1) is 24.9 Å². The van der Waals surface area contributed by atoms with Crippen molar-refractivity contribution in [2.24, 2.45) is 0 Å². The summed E-state index contributed by atoms with van der Waals surface area (Å²) in [5.74, 6) is 0.00376. The summed E-state index contributed by atoms with van der Waals surface area (Å²) in [5, 5.41) is 13.9. The van der Waals surface area contributed by atoms with Crippen LogP contribution in [0.2, 0.25) is 5.02 Å². The second kappa shape index (κ2) is 7.79. The number of aliphatic hydroxyl groups excluding tert-OH is 1. The Hall–Kier alpha value is -1.89. The summed E-state index contributed by atoms with van der Waals surface area (Å²) in [6.45, 7) is 4.29. The Morgan fingerprint density at radius 2 is 1.96 bits per heavy atom. The SMILES string of the molecule is O=C(c1cnn(Cc2ccccc2Cl)c1)N1CCN(CCO)CC1. The van der Waals surface area contributed by atoms with E-state index in [0.717, 1.165) is 18.7 Å². The van der Waals surface area contributed by atoms with E-state index in [-0.39, 0.29) is 12.5 Å². The Kier molecular flexibility index (Phi) is 5.50. The maximum atomic E-state index is 12.6.